The maximum Gasteiger partial charge on any atom is 0.223 e. The van der Waals surface area contributed by atoms with Crippen molar-refractivity contribution in [2.75, 3.05) is 19.6 Å². The summed E-state index contributed by atoms with van der Waals surface area (Å²) in [4.78, 5) is 19.1. The molecule has 146 valence electrons. The summed E-state index contributed by atoms with van der Waals surface area (Å²) < 4.78 is 1.85. The van der Waals surface area contributed by atoms with Crippen LogP contribution < -0.4 is 5.32 Å². The van der Waals surface area contributed by atoms with Crippen molar-refractivity contribution in [1.82, 2.24) is 25.0 Å². The van der Waals surface area contributed by atoms with Crippen LogP contribution in [0.3, 0.4) is 0 Å². The van der Waals surface area contributed by atoms with Gasteiger partial charge in [-0.25, -0.2) is 4.68 Å². The maximum absolute atomic E-state index is 12.9. The maximum atomic E-state index is 12.9. The zero-order valence-corrected chi connectivity index (χ0v) is 16.4. The lowest BCUT2D eigenvalue weighted by Crippen LogP contribution is -2.48. The zero-order valence-electron chi connectivity index (χ0n) is 15.6. The molecule has 7 heteroatoms. The molecule has 1 fully saturated rings. The van der Waals surface area contributed by atoms with Crippen LogP contribution in [0.15, 0.2) is 67.3 Å². The van der Waals surface area contributed by atoms with E-state index in [4.69, 9.17) is 0 Å². The summed E-state index contributed by atoms with van der Waals surface area (Å²) >= 11 is 0. The second-order valence-electron chi connectivity index (χ2n) is 6.72. The number of nitrogens with zero attached hydrogens (tertiary/aromatic N) is 4. The quantitative estimate of drug-likeness (QED) is 0.719. The van der Waals surface area contributed by atoms with E-state index in [2.05, 4.69) is 15.4 Å². The van der Waals surface area contributed by atoms with Crippen LogP contribution in [0.1, 0.15) is 23.6 Å². The molecular formula is C21H24ClN5O. The molecule has 2 aromatic heterocycles. The van der Waals surface area contributed by atoms with Crippen molar-refractivity contribution in [3.63, 3.8) is 0 Å². The van der Waals surface area contributed by atoms with Crippen molar-refractivity contribution in [2.24, 2.45) is 0 Å². The Kier molecular flexibility index (Phi) is 6.79. The van der Waals surface area contributed by atoms with Crippen LogP contribution in [0.2, 0.25) is 0 Å². The van der Waals surface area contributed by atoms with E-state index in [1.165, 1.54) is 0 Å². The van der Waals surface area contributed by atoms with E-state index in [9.17, 15) is 4.79 Å². The van der Waals surface area contributed by atoms with Gasteiger partial charge < -0.3 is 10.2 Å². The van der Waals surface area contributed by atoms with Crippen LogP contribution in [0.5, 0.6) is 0 Å². The molecule has 3 heterocycles. The van der Waals surface area contributed by atoms with Gasteiger partial charge in [-0.1, -0.05) is 24.3 Å². The van der Waals surface area contributed by atoms with Gasteiger partial charge in [-0.3, -0.25) is 9.78 Å². The fraction of sp³-hybridized carbons (Fsp3) is 0.286. The number of para-hydroxylation sites is 1. The monoisotopic (exact) mass is 397 g/mol. The van der Waals surface area contributed by atoms with E-state index in [1.54, 1.807) is 6.20 Å². The highest BCUT2D eigenvalue weighted by molar-refractivity contribution is 5.85. The molecule has 6 nitrogen and oxygen atoms in total. The minimum Gasteiger partial charge on any atom is -0.333 e. The number of halogens is 1. The lowest BCUT2D eigenvalue weighted by Gasteiger charge is -2.36. The molecular weight excluding hydrogens is 374 g/mol. The Bertz CT molecular complexity index is 884. The molecule has 4 rings (SSSR count). The molecule has 1 aromatic carbocycles. The highest BCUT2D eigenvalue weighted by atomic mass is 35.5. The van der Waals surface area contributed by atoms with Crippen LogP contribution in [0.4, 0.5) is 0 Å². The number of aromatic nitrogens is 3. The number of rotatable bonds is 5. The van der Waals surface area contributed by atoms with Gasteiger partial charge in [-0.15, -0.1) is 12.4 Å². The standard InChI is InChI=1S/C21H23N5O.ClH/c27-21(25-12-11-23-15-20(25)18-5-4-10-22-14-18)9-8-17-13-24-26(16-17)19-6-2-1-3-7-19;/h1-7,10,13-14,16,20,23H,8-9,11-12,15H2;1H. The first-order valence-electron chi connectivity index (χ1n) is 9.30. The molecule has 1 unspecified atom stereocenters. The number of aryl methyl sites for hydroxylation is 1. The predicted molar refractivity (Wildman–Crippen MR) is 111 cm³/mol. The highest BCUT2D eigenvalue weighted by Crippen LogP contribution is 2.22. The van der Waals surface area contributed by atoms with Gasteiger partial charge in [0.1, 0.15) is 0 Å². The van der Waals surface area contributed by atoms with Gasteiger partial charge in [0, 0.05) is 44.6 Å². The topological polar surface area (TPSA) is 63.1 Å². The number of amides is 1. The third kappa shape index (κ3) is 4.58. The van der Waals surface area contributed by atoms with Crippen molar-refractivity contribution >= 4 is 18.3 Å². The summed E-state index contributed by atoms with van der Waals surface area (Å²) in [6, 6.07) is 14.0. The molecule has 28 heavy (non-hydrogen) atoms. The molecule has 1 amide bonds. The summed E-state index contributed by atoms with van der Waals surface area (Å²) in [6.45, 7) is 2.32. The molecule has 0 saturated carbocycles. The SMILES string of the molecule is Cl.O=C(CCc1cnn(-c2ccccc2)c1)N1CCNCC1c1cccnc1. The van der Waals surface area contributed by atoms with Crippen LogP contribution in [-0.2, 0) is 11.2 Å². The van der Waals surface area contributed by atoms with Crippen molar-refractivity contribution in [3.8, 4) is 5.69 Å². The van der Waals surface area contributed by atoms with E-state index >= 15 is 0 Å². The van der Waals surface area contributed by atoms with E-state index in [0.29, 0.717) is 12.8 Å². The molecule has 0 bridgehead atoms. The smallest absolute Gasteiger partial charge is 0.223 e. The van der Waals surface area contributed by atoms with E-state index in [0.717, 1.165) is 36.4 Å². The van der Waals surface area contributed by atoms with Crippen LogP contribution >= 0.6 is 12.4 Å². The average molecular weight is 398 g/mol. The Hall–Kier alpha value is -2.70. The fourth-order valence-electron chi connectivity index (χ4n) is 3.48. The van der Waals surface area contributed by atoms with Crippen molar-refractivity contribution in [2.45, 2.75) is 18.9 Å². The number of piperazine rings is 1. The lowest BCUT2D eigenvalue weighted by atomic mass is 10.0. The molecule has 0 aliphatic carbocycles. The van der Waals surface area contributed by atoms with E-state index in [1.807, 2.05) is 70.6 Å². The third-order valence-corrected chi connectivity index (χ3v) is 4.92. The number of pyridine rings is 1. The summed E-state index contributed by atoms with van der Waals surface area (Å²) in [5, 5.41) is 7.79. The molecule has 3 aromatic rings. The van der Waals surface area contributed by atoms with E-state index in [-0.39, 0.29) is 24.4 Å². The minimum absolute atomic E-state index is 0. The van der Waals surface area contributed by atoms with Gasteiger partial charge in [0.25, 0.3) is 0 Å². The summed E-state index contributed by atoms with van der Waals surface area (Å²) in [5.74, 6) is 0.179. The average Bonchev–Trinajstić information content (AvgIpc) is 3.22. The molecule has 1 saturated heterocycles. The van der Waals surface area contributed by atoms with Crippen LogP contribution in [0.25, 0.3) is 5.69 Å². The normalized spacial score (nSPS) is 16.4. The van der Waals surface area contributed by atoms with Gasteiger partial charge in [-0.2, -0.15) is 5.10 Å². The van der Waals surface area contributed by atoms with Gasteiger partial charge in [0.15, 0.2) is 0 Å². The van der Waals surface area contributed by atoms with Crippen molar-refractivity contribution < 1.29 is 4.79 Å². The summed E-state index contributed by atoms with van der Waals surface area (Å²) in [6.07, 6.45) is 8.63. The van der Waals surface area contributed by atoms with E-state index < -0.39 is 0 Å². The molecule has 1 aliphatic heterocycles. The predicted octanol–water partition coefficient (Wildman–Crippen LogP) is 2.79. The van der Waals surface area contributed by atoms with Crippen molar-refractivity contribution in [3.05, 3.63) is 78.4 Å². The Morgan fingerprint density at radius 3 is 2.79 bits per heavy atom. The van der Waals surface area contributed by atoms with Gasteiger partial charge >= 0.3 is 0 Å². The second kappa shape index (κ2) is 9.48. The third-order valence-electron chi connectivity index (χ3n) is 4.92. The minimum atomic E-state index is 0. The molecule has 1 aliphatic rings. The van der Waals surface area contributed by atoms with Crippen LogP contribution in [0, 0.1) is 0 Å². The number of carbonyl (C=O) groups is 1. The number of benzene rings is 1. The molecule has 1 N–H and O–H groups in total. The number of hydrogen-bond acceptors (Lipinski definition) is 4. The zero-order chi connectivity index (χ0) is 18.5. The Morgan fingerprint density at radius 1 is 1.14 bits per heavy atom. The Morgan fingerprint density at radius 2 is 2.00 bits per heavy atom. The number of nitrogens with one attached hydrogen (secondary N) is 1. The highest BCUT2D eigenvalue weighted by Gasteiger charge is 2.27. The number of carbonyl (C=O) groups excluding carboxylic acids is 1. The molecule has 0 spiro atoms. The second-order valence-corrected chi connectivity index (χ2v) is 6.72. The summed E-state index contributed by atoms with van der Waals surface area (Å²) in [5.41, 5.74) is 3.17. The lowest BCUT2D eigenvalue weighted by molar-refractivity contribution is -0.134. The first-order valence-corrected chi connectivity index (χ1v) is 9.30. The van der Waals surface area contributed by atoms with Gasteiger partial charge in [0.05, 0.1) is 17.9 Å². The van der Waals surface area contributed by atoms with Gasteiger partial charge in [0.2, 0.25) is 5.91 Å². The number of hydrogen-bond donors (Lipinski definition) is 1. The van der Waals surface area contributed by atoms with Crippen LogP contribution in [-0.4, -0.2) is 45.2 Å². The summed E-state index contributed by atoms with van der Waals surface area (Å²) in [7, 11) is 0. The fourth-order valence-corrected chi connectivity index (χ4v) is 3.48. The Balaban J connectivity index is 0.00000225. The van der Waals surface area contributed by atoms with Crippen molar-refractivity contribution in [1.29, 1.82) is 0 Å². The Labute approximate surface area is 171 Å². The first kappa shape index (κ1) is 20.0. The molecule has 1 atom stereocenters. The first-order chi connectivity index (χ1) is 13.3. The molecule has 0 radical (unpaired) electrons. The van der Waals surface area contributed by atoms with Gasteiger partial charge in [-0.05, 0) is 35.7 Å². The largest absolute Gasteiger partial charge is 0.333 e.